The number of hydrogen-bond acceptors (Lipinski definition) is 5. The first kappa shape index (κ1) is 15.9. The molecule has 0 aliphatic carbocycles. The van der Waals surface area contributed by atoms with Gasteiger partial charge in [-0.2, -0.15) is 0 Å². The van der Waals surface area contributed by atoms with Crippen LogP contribution in [0.3, 0.4) is 0 Å². The van der Waals surface area contributed by atoms with Gasteiger partial charge >= 0.3 is 0 Å². The fraction of sp³-hybridized carbons (Fsp3) is 0.643. The largest absolute Gasteiger partial charge is 0.392 e. The van der Waals surface area contributed by atoms with Crippen LogP contribution in [0, 0.1) is 6.92 Å². The van der Waals surface area contributed by atoms with Gasteiger partial charge in [0.2, 0.25) is 0 Å². The monoisotopic (exact) mass is 268 g/mol. The number of aromatic nitrogens is 1. The molecule has 0 fully saturated rings. The van der Waals surface area contributed by atoms with E-state index < -0.39 is 0 Å². The molecule has 19 heavy (non-hydrogen) atoms. The Kier molecular flexibility index (Phi) is 7.40. The van der Waals surface area contributed by atoms with Gasteiger partial charge in [0.1, 0.15) is 5.82 Å². The summed E-state index contributed by atoms with van der Waals surface area (Å²) in [6.07, 6.45) is 2.67. The number of methoxy groups -OCH3 is 2. The molecule has 0 spiro atoms. The molecule has 0 radical (unpaired) electrons. The van der Waals surface area contributed by atoms with Gasteiger partial charge in [0, 0.05) is 40.1 Å². The third-order valence-electron chi connectivity index (χ3n) is 2.93. The molecule has 1 aromatic heterocycles. The first-order valence-corrected chi connectivity index (χ1v) is 6.52. The molecule has 5 heteroatoms. The fourth-order valence-electron chi connectivity index (χ4n) is 1.97. The second kappa shape index (κ2) is 8.85. The highest BCUT2D eigenvalue weighted by molar-refractivity contribution is 5.47. The van der Waals surface area contributed by atoms with Gasteiger partial charge in [0.05, 0.1) is 13.2 Å². The molecular formula is C14H24N2O3. The molecule has 0 saturated carbocycles. The molecule has 1 N–H and O–H groups in total. The SMILES string of the molecule is COCCCN(CCOC)c1ncc(CO)cc1C. The molecule has 0 saturated heterocycles. The molecule has 5 nitrogen and oxygen atoms in total. The molecule has 1 aromatic rings. The fourth-order valence-corrected chi connectivity index (χ4v) is 1.97. The Morgan fingerprint density at radius 3 is 2.53 bits per heavy atom. The van der Waals surface area contributed by atoms with Crippen LogP contribution in [0.5, 0.6) is 0 Å². The lowest BCUT2D eigenvalue weighted by molar-refractivity contribution is 0.191. The predicted molar refractivity (Wildman–Crippen MR) is 75.5 cm³/mol. The second-order valence-corrected chi connectivity index (χ2v) is 4.47. The van der Waals surface area contributed by atoms with E-state index >= 15 is 0 Å². The van der Waals surface area contributed by atoms with E-state index in [-0.39, 0.29) is 6.61 Å². The van der Waals surface area contributed by atoms with Gasteiger partial charge in [-0.15, -0.1) is 0 Å². The van der Waals surface area contributed by atoms with Crippen LogP contribution in [-0.2, 0) is 16.1 Å². The zero-order chi connectivity index (χ0) is 14.1. The minimum Gasteiger partial charge on any atom is -0.392 e. The van der Waals surface area contributed by atoms with Crippen LogP contribution in [-0.4, -0.2) is 50.6 Å². The molecule has 0 atom stereocenters. The summed E-state index contributed by atoms with van der Waals surface area (Å²) in [6.45, 7) is 5.11. The van der Waals surface area contributed by atoms with Crippen molar-refractivity contribution in [2.24, 2.45) is 0 Å². The Morgan fingerprint density at radius 1 is 1.21 bits per heavy atom. The third-order valence-corrected chi connectivity index (χ3v) is 2.93. The zero-order valence-corrected chi connectivity index (χ0v) is 12.1. The van der Waals surface area contributed by atoms with E-state index in [1.54, 1.807) is 20.4 Å². The average Bonchev–Trinajstić information content (AvgIpc) is 2.43. The molecule has 0 aromatic carbocycles. The van der Waals surface area contributed by atoms with Gasteiger partial charge in [-0.1, -0.05) is 0 Å². The first-order valence-electron chi connectivity index (χ1n) is 6.52. The average molecular weight is 268 g/mol. The molecule has 0 unspecified atom stereocenters. The summed E-state index contributed by atoms with van der Waals surface area (Å²) < 4.78 is 10.2. The van der Waals surface area contributed by atoms with E-state index in [9.17, 15) is 0 Å². The minimum absolute atomic E-state index is 0.0237. The molecule has 1 rings (SSSR count). The van der Waals surface area contributed by atoms with E-state index in [0.29, 0.717) is 6.61 Å². The summed E-state index contributed by atoms with van der Waals surface area (Å²) in [5.41, 5.74) is 1.91. The molecule has 1 heterocycles. The number of nitrogens with zero attached hydrogens (tertiary/aromatic N) is 2. The van der Waals surface area contributed by atoms with E-state index in [4.69, 9.17) is 14.6 Å². The highest BCUT2D eigenvalue weighted by Gasteiger charge is 2.11. The molecule has 0 bridgehead atoms. The third kappa shape index (κ3) is 5.14. The number of aliphatic hydroxyl groups excluding tert-OH is 1. The maximum absolute atomic E-state index is 9.12. The van der Waals surface area contributed by atoms with Crippen molar-refractivity contribution in [1.29, 1.82) is 0 Å². The molecule has 108 valence electrons. The van der Waals surface area contributed by atoms with E-state index in [1.807, 2.05) is 13.0 Å². The van der Waals surface area contributed by atoms with Crippen LogP contribution in [0.1, 0.15) is 17.5 Å². The second-order valence-electron chi connectivity index (χ2n) is 4.47. The Balaban J connectivity index is 2.77. The van der Waals surface area contributed by atoms with Crippen molar-refractivity contribution in [1.82, 2.24) is 4.98 Å². The van der Waals surface area contributed by atoms with Crippen molar-refractivity contribution < 1.29 is 14.6 Å². The van der Waals surface area contributed by atoms with Crippen molar-refractivity contribution in [3.63, 3.8) is 0 Å². The van der Waals surface area contributed by atoms with Gasteiger partial charge in [0.15, 0.2) is 0 Å². The number of pyridine rings is 1. The Bertz CT molecular complexity index is 372. The summed E-state index contributed by atoms with van der Waals surface area (Å²) in [5, 5.41) is 9.12. The number of aliphatic hydroxyl groups is 1. The van der Waals surface area contributed by atoms with Gasteiger partial charge in [0.25, 0.3) is 0 Å². The van der Waals surface area contributed by atoms with Crippen molar-refractivity contribution in [3.05, 3.63) is 23.4 Å². The van der Waals surface area contributed by atoms with Gasteiger partial charge in [-0.25, -0.2) is 4.98 Å². The quantitative estimate of drug-likeness (QED) is 0.686. The summed E-state index contributed by atoms with van der Waals surface area (Å²) in [4.78, 5) is 6.64. The number of ether oxygens (including phenoxy) is 2. The lowest BCUT2D eigenvalue weighted by atomic mass is 10.2. The minimum atomic E-state index is 0.0237. The van der Waals surface area contributed by atoms with Crippen molar-refractivity contribution in [2.75, 3.05) is 45.4 Å². The Labute approximate surface area is 115 Å². The van der Waals surface area contributed by atoms with Gasteiger partial charge < -0.3 is 19.5 Å². The van der Waals surface area contributed by atoms with Gasteiger partial charge in [-0.05, 0) is 30.5 Å². The van der Waals surface area contributed by atoms with Crippen LogP contribution in [0.15, 0.2) is 12.3 Å². The number of anilines is 1. The standard InChI is InChI=1S/C14H24N2O3/c1-12-9-13(11-17)10-15-14(12)16(6-8-19-3)5-4-7-18-2/h9-10,17H,4-8,11H2,1-3H3. The van der Waals surface area contributed by atoms with Crippen molar-refractivity contribution >= 4 is 5.82 Å². The van der Waals surface area contributed by atoms with E-state index in [2.05, 4.69) is 9.88 Å². The number of hydrogen-bond donors (Lipinski definition) is 1. The maximum Gasteiger partial charge on any atom is 0.131 e. The number of rotatable bonds is 9. The molecular weight excluding hydrogens is 244 g/mol. The summed E-state index contributed by atoms with van der Waals surface area (Å²) >= 11 is 0. The highest BCUT2D eigenvalue weighted by atomic mass is 16.5. The predicted octanol–water partition coefficient (Wildman–Crippen LogP) is 1.37. The summed E-state index contributed by atoms with van der Waals surface area (Å²) in [7, 11) is 3.40. The number of aryl methyl sites for hydroxylation is 1. The topological polar surface area (TPSA) is 54.8 Å². The van der Waals surface area contributed by atoms with Crippen molar-refractivity contribution in [3.8, 4) is 0 Å². The summed E-state index contributed by atoms with van der Waals surface area (Å²) in [5.74, 6) is 0.949. The lowest BCUT2D eigenvalue weighted by Crippen LogP contribution is -2.30. The van der Waals surface area contributed by atoms with Crippen molar-refractivity contribution in [2.45, 2.75) is 20.0 Å². The molecule has 0 amide bonds. The Morgan fingerprint density at radius 2 is 1.95 bits per heavy atom. The highest BCUT2D eigenvalue weighted by Crippen LogP contribution is 2.18. The molecule has 0 aliphatic heterocycles. The normalized spacial score (nSPS) is 10.7. The van der Waals surface area contributed by atoms with Crippen LogP contribution in [0.4, 0.5) is 5.82 Å². The van der Waals surface area contributed by atoms with Crippen LogP contribution in [0.25, 0.3) is 0 Å². The lowest BCUT2D eigenvalue weighted by Gasteiger charge is -2.25. The summed E-state index contributed by atoms with van der Waals surface area (Å²) in [6, 6.07) is 1.97. The first-order chi connectivity index (χ1) is 9.22. The maximum atomic E-state index is 9.12. The van der Waals surface area contributed by atoms with Gasteiger partial charge in [-0.3, -0.25) is 0 Å². The molecule has 0 aliphatic rings. The zero-order valence-electron chi connectivity index (χ0n) is 12.1. The van der Waals surface area contributed by atoms with Crippen LogP contribution >= 0.6 is 0 Å². The Hall–Kier alpha value is -1.17. The van der Waals surface area contributed by atoms with E-state index in [1.165, 1.54) is 0 Å². The van der Waals surface area contributed by atoms with E-state index in [0.717, 1.165) is 43.1 Å². The van der Waals surface area contributed by atoms with Crippen LogP contribution in [0.2, 0.25) is 0 Å². The van der Waals surface area contributed by atoms with Crippen LogP contribution < -0.4 is 4.90 Å². The smallest absolute Gasteiger partial charge is 0.131 e.